The number of aliphatic hydroxyl groups is 2. The molecule has 0 saturated carbocycles. The average molecular weight is 328 g/mol. The molecular weight excluding hydrogens is 310 g/mol. The van der Waals surface area contributed by atoms with E-state index in [1.807, 2.05) is 0 Å². The summed E-state index contributed by atoms with van der Waals surface area (Å²) in [5, 5.41) is 19.2. The van der Waals surface area contributed by atoms with Gasteiger partial charge in [-0.2, -0.15) is 0 Å². The van der Waals surface area contributed by atoms with Crippen LogP contribution < -0.4 is 0 Å². The molecule has 0 spiro atoms. The molecule has 1 aliphatic rings. The molecule has 1 fully saturated rings. The maximum absolute atomic E-state index is 10.6. The van der Waals surface area contributed by atoms with Gasteiger partial charge in [-0.15, -0.1) is 0 Å². The van der Waals surface area contributed by atoms with E-state index < -0.39 is 53.2 Å². The zero-order valence-electron chi connectivity index (χ0n) is 11.1. The van der Waals surface area contributed by atoms with E-state index in [-0.39, 0.29) is 0 Å². The SMILES string of the molecule is [3H]C(OP(=O)(O)O)[C@H]1O[C@H](C([3H])OP(=O)(O)O)[C@@H](O)[C@@H]1O. The quantitative estimate of drug-likeness (QED) is 0.288. The lowest BCUT2D eigenvalue weighted by Gasteiger charge is -2.15. The second kappa shape index (κ2) is 6.25. The molecule has 0 bridgehead atoms. The molecule has 11 nitrogen and oxygen atoms in total. The van der Waals surface area contributed by atoms with Crippen molar-refractivity contribution >= 4 is 15.6 Å². The van der Waals surface area contributed by atoms with Crippen LogP contribution in [0.25, 0.3) is 0 Å². The fourth-order valence-corrected chi connectivity index (χ4v) is 1.79. The predicted octanol–water partition coefficient (Wildman–Crippen LogP) is -2.31. The zero-order chi connectivity index (χ0) is 16.6. The molecule has 6 N–H and O–H groups in total. The first-order chi connectivity index (χ1) is 9.32. The van der Waals surface area contributed by atoms with Crippen molar-refractivity contribution in [3.63, 3.8) is 0 Å². The van der Waals surface area contributed by atoms with Crippen LogP contribution in [0.3, 0.4) is 0 Å². The number of rotatable bonds is 6. The summed E-state index contributed by atoms with van der Waals surface area (Å²) in [5.41, 5.74) is 0. The second-order valence-corrected chi connectivity index (χ2v) is 5.89. The Bertz CT molecular complexity index is 410. The predicted molar refractivity (Wildman–Crippen MR) is 56.7 cm³/mol. The van der Waals surface area contributed by atoms with E-state index in [0.717, 1.165) is 0 Å². The van der Waals surface area contributed by atoms with Crippen LogP contribution in [0.4, 0.5) is 0 Å². The minimum absolute atomic E-state index is 1.76. The van der Waals surface area contributed by atoms with Crippen molar-refractivity contribution in [2.45, 2.75) is 24.4 Å². The van der Waals surface area contributed by atoms with Crippen molar-refractivity contribution < 1.29 is 55.4 Å². The normalized spacial score (nSPS) is 37.6. The van der Waals surface area contributed by atoms with Gasteiger partial charge in [-0.3, -0.25) is 9.05 Å². The van der Waals surface area contributed by atoms with Gasteiger partial charge >= 0.3 is 15.6 Å². The monoisotopic (exact) mass is 328 g/mol. The van der Waals surface area contributed by atoms with Crippen molar-refractivity contribution in [3.8, 4) is 0 Å². The summed E-state index contributed by atoms with van der Waals surface area (Å²) in [4.78, 5) is 34.1. The van der Waals surface area contributed by atoms with Crippen LogP contribution >= 0.6 is 15.6 Å². The highest BCUT2D eigenvalue weighted by Crippen LogP contribution is 2.39. The highest BCUT2D eigenvalue weighted by atomic mass is 31.2. The Hall–Kier alpha value is 0.1000. The van der Waals surface area contributed by atoms with Gasteiger partial charge in [0.2, 0.25) is 0 Å². The smallest absolute Gasteiger partial charge is 0.388 e. The van der Waals surface area contributed by atoms with Crippen LogP contribution in [0.5, 0.6) is 0 Å². The Balaban J connectivity index is 2.77. The van der Waals surface area contributed by atoms with Gasteiger partial charge in [0, 0.05) is 0 Å². The molecule has 2 unspecified atom stereocenters. The van der Waals surface area contributed by atoms with E-state index in [2.05, 4.69) is 9.05 Å². The van der Waals surface area contributed by atoms with E-state index in [0.29, 0.717) is 0 Å². The summed E-state index contributed by atoms with van der Waals surface area (Å²) in [6, 6.07) is 0. The molecule has 0 aromatic heterocycles. The summed E-state index contributed by atoms with van der Waals surface area (Å²) in [5.74, 6) is 0. The van der Waals surface area contributed by atoms with Gasteiger partial charge in [0.1, 0.15) is 24.4 Å². The third-order valence-electron chi connectivity index (χ3n) is 2.00. The summed E-state index contributed by atoms with van der Waals surface area (Å²) >= 11 is 0. The number of phosphoric acid groups is 2. The first kappa shape index (κ1) is 14.1. The Morgan fingerprint density at radius 3 is 1.53 bits per heavy atom. The first-order valence-electron chi connectivity index (χ1n) is 5.81. The largest absolute Gasteiger partial charge is 0.469 e. The second-order valence-electron chi connectivity index (χ2n) is 3.51. The van der Waals surface area contributed by atoms with E-state index in [4.69, 9.17) is 27.1 Å². The van der Waals surface area contributed by atoms with Crippen molar-refractivity contribution in [1.82, 2.24) is 0 Å². The van der Waals surface area contributed by atoms with Crippen LogP contribution in [0.1, 0.15) is 2.74 Å². The lowest BCUT2D eigenvalue weighted by Crippen LogP contribution is -2.35. The number of phosphoric ester groups is 2. The van der Waals surface area contributed by atoms with Gasteiger partial charge in [0.15, 0.2) is 0 Å². The summed E-state index contributed by atoms with van der Waals surface area (Å²) in [6.45, 7) is -4.22. The molecule has 0 aliphatic carbocycles. The van der Waals surface area contributed by atoms with Crippen LogP contribution in [0.15, 0.2) is 0 Å². The minimum atomic E-state index is -5.06. The molecule has 0 aromatic carbocycles. The van der Waals surface area contributed by atoms with Crippen LogP contribution in [0.2, 0.25) is 0 Å². The molecule has 1 saturated heterocycles. The Labute approximate surface area is 110 Å². The summed E-state index contributed by atoms with van der Waals surface area (Å²) in [7, 11) is -10.1. The number of aliphatic hydroxyl groups excluding tert-OH is 2. The standard InChI is InChI=1S/C6H14O11P2/c7-5-3(1-15-18(9,10)11)17-4(6(5)8)2-16-19(12,13)14/h3-8H,1-2H2,(H2,9,10,11)(H2,12,13,14)/t3-,4-,5-,6-/m1/s1/i1T,2T/t1?,2?,3-,4-,5-,6-. The topological polar surface area (TPSA) is 183 Å². The third-order valence-corrected chi connectivity index (χ3v) is 2.79. The molecule has 0 radical (unpaired) electrons. The molecule has 6 atom stereocenters. The number of hydrogen-bond acceptors (Lipinski definition) is 7. The lowest BCUT2D eigenvalue weighted by molar-refractivity contribution is -0.0382. The Morgan fingerprint density at radius 2 is 1.26 bits per heavy atom. The average Bonchev–Trinajstić information content (AvgIpc) is 2.51. The fourth-order valence-electron chi connectivity index (χ4n) is 1.23. The molecule has 0 aromatic rings. The Kier molecular flexibility index (Phi) is 4.62. The molecule has 114 valence electrons. The van der Waals surface area contributed by atoms with Gasteiger partial charge in [0.25, 0.3) is 0 Å². The van der Waals surface area contributed by atoms with E-state index in [9.17, 15) is 19.3 Å². The molecule has 19 heavy (non-hydrogen) atoms. The van der Waals surface area contributed by atoms with E-state index in [1.165, 1.54) is 0 Å². The summed E-state index contributed by atoms with van der Waals surface area (Å²) < 4.78 is 48.4. The maximum Gasteiger partial charge on any atom is 0.469 e. The van der Waals surface area contributed by atoms with Crippen LogP contribution in [0, 0.1) is 0 Å². The van der Waals surface area contributed by atoms with Crippen LogP contribution in [-0.2, 0) is 22.9 Å². The number of hydrogen-bond donors (Lipinski definition) is 6. The van der Waals surface area contributed by atoms with Crippen molar-refractivity contribution in [2.75, 3.05) is 13.2 Å². The molecule has 1 heterocycles. The lowest BCUT2D eigenvalue weighted by atomic mass is 10.1. The van der Waals surface area contributed by atoms with Crippen LogP contribution in [-0.4, -0.2) is 67.4 Å². The zero-order valence-corrected chi connectivity index (χ0v) is 10.9. The van der Waals surface area contributed by atoms with Gasteiger partial charge < -0.3 is 34.5 Å². The van der Waals surface area contributed by atoms with Gasteiger partial charge in [-0.1, -0.05) is 0 Å². The van der Waals surface area contributed by atoms with Crippen molar-refractivity contribution in [2.24, 2.45) is 0 Å². The van der Waals surface area contributed by atoms with Crippen molar-refractivity contribution in [1.29, 1.82) is 0 Å². The van der Waals surface area contributed by atoms with Gasteiger partial charge in [0.05, 0.1) is 15.9 Å². The van der Waals surface area contributed by atoms with E-state index >= 15 is 0 Å². The molecular formula is C6H14O11P2. The molecule has 0 amide bonds. The van der Waals surface area contributed by atoms with Gasteiger partial charge in [-0.25, -0.2) is 9.13 Å². The highest BCUT2D eigenvalue weighted by molar-refractivity contribution is 7.46. The fraction of sp³-hybridized carbons (Fsp3) is 1.00. The minimum Gasteiger partial charge on any atom is -0.388 e. The van der Waals surface area contributed by atoms with E-state index in [1.54, 1.807) is 0 Å². The molecule has 13 heteroatoms. The first-order valence-corrected chi connectivity index (χ1v) is 7.72. The van der Waals surface area contributed by atoms with Gasteiger partial charge in [-0.05, 0) is 0 Å². The van der Waals surface area contributed by atoms with Crippen molar-refractivity contribution in [3.05, 3.63) is 0 Å². The molecule has 1 rings (SSSR count). The molecule has 1 aliphatic heterocycles. The third kappa shape index (κ3) is 5.94. The summed E-state index contributed by atoms with van der Waals surface area (Å²) in [6.07, 6.45) is -7.27. The number of ether oxygens (including phenoxy) is 1. The highest BCUT2D eigenvalue weighted by Gasteiger charge is 2.44. The maximum atomic E-state index is 10.6. The Morgan fingerprint density at radius 1 is 0.947 bits per heavy atom.